The van der Waals surface area contributed by atoms with Gasteiger partial charge in [-0.3, -0.25) is 0 Å². The van der Waals surface area contributed by atoms with Gasteiger partial charge in [0.15, 0.2) is 0 Å². The van der Waals surface area contributed by atoms with Crippen molar-refractivity contribution in [2.45, 2.75) is 0 Å². The van der Waals surface area contributed by atoms with E-state index >= 15 is 0 Å². The van der Waals surface area contributed by atoms with Gasteiger partial charge in [0.05, 0.1) is 0 Å². The van der Waals surface area contributed by atoms with Gasteiger partial charge >= 0.3 is 254 Å². The van der Waals surface area contributed by atoms with Crippen molar-refractivity contribution in [2.75, 3.05) is 0 Å². The van der Waals surface area contributed by atoms with Gasteiger partial charge in [0.2, 0.25) is 0 Å². The molecule has 0 radical (unpaired) electrons. The van der Waals surface area contributed by atoms with Crippen molar-refractivity contribution >= 4 is 75.1 Å². The molecule has 10 aromatic carbocycles. The molecule has 0 amide bonds. The van der Waals surface area contributed by atoms with Gasteiger partial charge in [0.1, 0.15) is 0 Å². The quantitative estimate of drug-likeness (QED) is 0.152. The number of hydrogen-bond donors (Lipinski definition) is 0. The molecule has 3 aromatic heterocycles. The molecular formula is C60H36IN2S-. The van der Waals surface area contributed by atoms with Gasteiger partial charge in [-0.25, -0.2) is 0 Å². The first-order valence-electron chi connectivity index (χ1n) is 21.8. The monoisotopic (exact) mass is 943 g/mol. The number of halogens is 1. The Bertz CT molecular complexity index is 4010. The van der Waals surface area contributed by atoms with Crippen LogP contribution in [0, 0.1) is 7.14 Å². The van der Waals surface area contributed by atoms with Crippen LogP contribution < -0.4 is 21.2 Å². The summed E-state index contributed by atoms with van der Waals surface area (Å²) in [4.78, 5) is 0. The number of hydrogen-bond acceptors (Lipinski definition) is 1. The average Bonchev–Trinajstić information content (AvgIpc) is 4.12. The fourth-order valence-electron chi connectivity index (χ4n) is 10.4. The first kappa shape index (κ1) is 36.3. The zero-order valence-corrected chi connectivity index (χ0v) is 37.4. The average molecular weight is 944 g/mol. The molecule has 64 heavy (non-hydrogen) atoms. The summed E-state index contributed by atoms with van der Waals surface area (Å²) in [5, 5.41) is 7.74. The van der Waals surface area contributed by atoms with E-state index in [1.165, 1.54) is 121 Å². The van der Waals surface area contributed by atoms with Gasteiger partial charge in [-0.15, -0.1) is 11.3 Å². The third kappa shape index (κ3) is 5.43. The third-order valence-corrected chi connectivity index (χ3v) is 17.4. The summed E-state index contributed by atoms with van der Waals surface area (Å²) < 4.78 is 10.7. The number of rotatable bonds is 5. The summed E-state index contributed by atoms with van der Waals surface area (Å²) in [6.07, 6.45) is 0. The Labute approximate surface area is 384 Å². The molecule has 0 saturated carbocycles. The molecule has 0 spiro atoms. The normalized spacial score (nSPS) is 12.4. The van der Waals surface area contributed by atoms with Gasteiger partial charge in [-0.1, -0.05) is 60.7 Å². The molecule has 0 N–H and O–H groups in total. The van der Waals surface area contributed by atoms with Gasteiger partial charge in [-0.2, -0.15) is 0 Å². The second-order valence-electron chi connectivity index (χ2n) is 16.8. The molecular weight excluding hydrogens is 908 g/mol. The Hall–Kier alpha value is -7.25. The molecule has 14 rings (SSSR count). The first-order valence-corrected chi connectivity index (χ1v) is 24.8. The maximum absolute atomic E-state index is 2.53. The van der Waals surface area contributed by atoms with Crippen molar-refractivity contribution in [3.8, 4) is 55.9 Å². The molecule has 300 valence electrons. The van der Waals surface area contributed by atoms with E-state index in [1.807, 2.05) is 11.3 Å². The summed E-state index contributed by atoms with van der Waals surface area (Å²) in [6.45, 7) is 0. The van der Waals surface area contributed by atoms with Crippen LogP contribution in [0.1, 0.15) is 0 Å². The fraction of sp³-hybridized carbons (Fsp3) is 0. The molecule has 0 aliphatic carbocycles. The van der Waals surface area contributed by atoms with Crippen LogP contribution in [0.2, 0.25) is 0 Å². The number of nitrogens with zero attached hydrogens (tertiary/aromatic N) is 2. The van der Waals surface area contributed by atoms with E-state index in [0.717, 1.165) is 5.69 Å². The Balaban J connectivity index is 0.981. The Kier molecular flexibility index (Phi) is 8.00. The van der Waals surface area contributed by atoms with Crippen LogP contribution in [0.3, 0.4) is 0 Å². The SMILES string of the molecule is c1ccc(-c2ccc(-n3c4ccc(-c5ccc6c(c5)c5ccc7sc8ccccc8c7c5n6-c5ccc(-c6ccccc6)cc5)cc4c4ccc5c(c43)-c3ccccc3[I-]5)cc2)cc1. The summed E-state index contributed by atoms with van der Waals surface area (Å²) in [5.41, 5.74) is 17.5. The summed E-state index contributed by atoms with van der Waals surface area (Å²) >= 11 is 1.62. The second-order valence-corrected chi connectivity index (χ2v) is 20.7. The molecule has 0 atom stereocenters. The van der Waals surface area contributed by atoms with Gasteiger partial charge < -0.3 is 0 Å². The van der Waals surface area contributed by atoms with Crippen molar-refractivity contribution in [1.82, 2.24) is 9.13 Å². The van der Waals surface area contributed by atoms with Crippen LogP contribution >= 0.6 is 11.3 Å². The van der Waals surface area contributed by atoms with Crippen molar-refractivity contribution < 1.29 is 21.2 Å². The summed E-state index contributed by atoms with van der Waals surface area (Å²) in [7, 11) is 0. The Morgan fingerprint density at radius 1 is 0.328 bits per heavy atom. The van der Waals surface area contributed by atoms with Crippen LogP contribution in [-0.4, -0.2) is 9.13 Å². The molecule has 4 heteroatoms. The van der Waals surface area contributed by atoms with E-state index in [1.54, 1.807) is 0 Å². The summed E-state index contributed by atoms with van der Waals surface area (Å²) in [5.74, 6) is 0. The number of aromatic nitrogens is 2. The van der Waals surface area contributed by atoms with Crippen LogP contribution in [0.4, 0.5) is 0 Å². The van der Waals surface area contributed by atoms with Crippen molar-refractivity contribution in [2.24, 2.45) is 0 Å². The standard InChI is InChI=1S/C60H36IN2S/c1-3-11-37(12-4-1)39-19-25-43(26-20-39)62-53-32-23-41(35-49(53)45-29-31-52-57(59(45)62)47-15-7-9-17-51(47)61-52)42-24-33-54-50(36-42)46-30-34-56-58(48-16-8-10-18-55(48)64-56)60(46)63(54)44-27-21-40(22-28-44)38-13-5-2-6-14-38/h1-36H/q-1. The summed E-state index contributed by atoms with van der Waals surface area (Å²) in [6, 6.07) is 81.4. The molecule has 2 nitrogen and oxygen atoms in total. The minimum atomic E-state index is -0.258. The molecule has 0 bridgehead atoms. The molecule has 0 unspecified atom stereocenters. The molecule has 1 aliphatic heterocycles. The Morgan fingerprint density at radius 3 is 1.50 bits per heavy atom. The zero-order valence-electron chi connectivity index (χ0n) is 34.5. The molecule has 0 fully saturated rings. The van der Waals surface area contributed by atoms with Crippen LogP contribution in [-0.2, 0) is 0 Å². The molecule has 4 heterocycles. The zero-order chi connectivity index (χ0) is 41.9. The van der Waals surface area contributed by atoms with E-state index in [2.05, 4.69) is 228 Å². The van der Waals surface area contributed by atoms with E-state index in [4.69, 9.17) is 0 Å². The van der Waals surface area contributed by atoms with Crippen molar-refractivity contribution in [1.29, 1.82) is 0 Å². The van der Waals surface area contributed by atoms with Gasteiger partial charge in [0.25, 0.3) is 0 Å². The van der Waals surface area contributed by atoms with E-state index in [0.29, 0.717) is 0 Å². The molecule has 1 aliphatic rings. The molecule has 13 aromatic rings. The van der Waals surface area contributed by atoms with Gasteiger partial charge in [0, 0.05) is 25.9 Å². The van der Waals surface area contributed by atoms with E-state index in [-0.39, 0.29) is 21.2 Å². The van der Waals surface area contributed by atoms with Crippen LogP contribution in [0.15, 0.2) is 218 Å². The van der Waals surface area contributed by atoms with E-state index < -0.39 is 0 Å². The number of thiophene rings is 1. The fourth-order valence-corrected chi connectivity index (χ4v) is 14.4. The predicted octanol–water partition coefficient (Wildman–Crippen LogP) is 13.4. The third-order valence-electron chi connectivity index (χ3n) is 13.3. The maximum atomic E-state index is 2.53. The van der Waals surface area contributed by atoms with Crippen molar-refractivity contribution in [3.63, 3.8) is 0 Å². The van der Waals surface area contributed by atoms with E-state index in [9.17, 15) is 0 Å². The topological polar surface area (TPSA) is 9.86 Å². The number of benzene rings is 10. The molecule has 0 saturated heterocycles. The van der Waals surface area contributed by atoms with Crippen LogP contribution in [0.5, 0.6) is 0 Å². The predicted molar refractivity (Wildman–Crippen MR) is 267 cm³/mol. The number of fused-ring (bicyclic) bond motifs is 14. The van der Waals surface area contributed by atoms with Crippen molar-refractivity contribution in [3.05, 3.63) is 226 Å². The first-order chi connectivity index (χ1) is 31.7. The van der Waals surface area contributed by atoms with Crippen LogP contribution in [0.25, 0.3) is 120 Å². The Morgan fingerprint density at radius 2 is 0.844 bits per heavy atom. The minimum absolute atomic E-state index is 0.258. The second kappa shape index (κ2) is 14.1. The van der Waals surface area contributed by atoms with Gasteiger partial charge in [-0.05, 0) is 35.4 Å².